The summed E-state index contributed by atoms with van der Waals surface area (Å²) in [6, 6.07) is 10.5. The Balaban J connectivity index is 0.00000109. The van der Waals surface area contributed by atoms with E-state index in [1.54, 1.807) is 36.4 Å². The molecular weight excluding hydrogens is 342 g/mol. The van der Waals surface area contributed by atoms with Crippen molar-refractivity contribution in [2.75, 3.05) is 12.4 Å². The minimum Gasteiger partial charge on any atom is -0.493 e. The predicted octanol–water partition coefficient (Wildman–Crippen LogP) is 4.75. The van der Waals surface area contributed by atoms with E-state index in [1.165, 1.54) is 13.4 Å². The Labute approximate surface area is 150 Å². The summed E-state index contributed by atoms with van der Waals surface area (Å²) in [5.41, 5.74) is 2.06. The van der Waals surface area contributed by atoms with Crippen LogP contribution >= 0.6 is 11.9 Å². The second-order valence-corrected chi connectivity index (χ2v) is 4.84. The first-order valence-corrected chi connectivity index (χ1v) is 7.99. The van der Waals surface area contributed by atoms with Gasteiger partial charge in [-0.15, -0.1) is 0 Å². The summed E-state index contributed by atoms with van der Waals surface area (Å²) in [4.78, 5) is 19.2. The number of benzene rings is 2. The largest absolute Gasteiger partial charge is 0.493 e. The van der Waals surface area contributed by atoms with E-state index in [2.05, 4.69) is 15.3 Å². The summed E-state index contributed by atoms with van der Waals surface area (Å²) in [5.74, 6) is 1.46. The van der Waals surface area contributed by atoms with Crippen LogP contribution in [0.15, 0.2) is 42.7 Å². The highest BCUT2D eigenvalue weighted by molar-refractivity contribution is 6.09. The fraction of sp³-hybridized carbons (Fsp3) is 0.167. The Morgan fingerprint density at radius 3 is 2.40 bits per heavy atom. The van der Waals surface area contributed by atoms with Crippen LogP contribution in [0.2, 0.25) is 0 Å². The summed E-state index contributed by atoms with van der Waals surface area (Å²) >= 11 is 5.44. The fourth-order valence-electron chi connectivity index (χ4n) is 2.17. The third-order valence-electron chi connectivity index (χ3n) is 3.31. The molecule has 1 N–H and O–H groups in total. The van der Waals surface area contributed by atoms with Crippen molar-refractivity contribution in [1.82, 2.24) is 9.97 Å². The summed E-state index contributed by atoms with van der Waals surface area (Å²) in [6.45, 7) is 4.00. The quantitative estimate of drug-likeness (QED) is 0.662. The molecule has 0 saturated heterocycles. The molecule has 1 aromatic heterocycles. The van der Waals surface area contributed by atoms with Gasteiger partial charge >= 0.3 is 0 Å². The van der Waals surface area contributed by atoms with Crippen molar-refractivity contribution in [2.45, 2.75) is 13.8 Å². The van der Waals surface area contributed by atoms with E-state index in [-0.39, 0.29) is 0 Å². The number of nitrogens with one attached hydrogen (secondary N) is 1. The number of carbonyl (C=O) groups excluding carboxylic acids is 1. The van der Waals surface area contributed by atoms with Gasteiger partial charge in [0.25, 0.3) is 0 Å². The Kier molecular flexibility index (Phi) is 6.54. The summed E-state index contributed by atoms with van der Waals surface area (Å²) in [6.07, 6.45) is 2.23. The second-order valence-electron chi connectivity index (χ2n) is 4.68. The van der Waals surface area contributed by atoms with Gasteiger partial charge < -0.3 is 14.3 Å². The molecule has 0 atom stereocenters. The van der Waals surface area contributed by atoms with Gasteiger partial charge in [0.15, 0.2) is 11.5 Å². The third-order valence-corrected chi connectivity index (χ3v) is 3.48. The zero-order valence-corrected chi connectivity index (χ0v) is 14.9. The predicted molar refractivity (Wildman–Crippen MR) is 99.0 cm³/mol. The summed E-state index contributed by atoms with van der Waals surface area (Å²) in [5, 5.41) is 3.94. The Morgan fingerprint density at radius 1 is 1.08 bits per heavy atom. The molecule has 0 aliphatic heterocycles. The molecule has 0 fully saturated rings. The number of hydrogen-bond donors (Lipinski definition) is 1. The molecule has 3 aromatic rings. The summed E-state index contributed by atoms with van der Waals surface area (Å²) < 4.78 is 10.0. The molecule has 2 aromatic carbocycles. The molecular formula is C18H18ClN3O3. The molecule has 0 spiro atoms. The molecule has 0 aliphatic rings. The number of anilines is 2. The highest BCUT2D eigenvalue weighted by Gasteiger charge is 2.11. The lowest BCUT2D eigenvalue weighted by molar-refractivity contribution is 0.112. The Hall–Kier alpha value is -2.86. The van der Waals surface area contributed by atoms with Crippen molar-refractivity contribution >= 4 is 40.6 Å². The lowest BCUT2D eigenvalue weighted by Gasteiger charge is -2.11. The number of rotatable bonds is 5. The highest BCUT2D eigenvalue weighted by Crippen LogP contribution is 2.35. The van der Waals surface area contributed by atoms with Crippen molar-refractivity contribution in [1.29, 1.82) is 0 Å². The van der Waals surface area contributed by atoms with E-state index in [0.29, 0.717) is 28.4 Å². The van der Waals surface area contributed by atoms with Crippen LogP contribution in [-0.4, -0.2) is 23.4 Å². The molecule has 0 amide bonds. The third kappa shape index (κ3) is 4.16. The number of hydrogen-bond acceptors (Lipinski definition) is 6. The number of methoxy groups -OCH3 is 1. The smallest absolute Gasteiger partial charge is 0.190 e. The first kappa shape index (κ1) is 18.5. The van der Waals surface area contributed by atoms with Crippen LogP contribution in [0.25, 0.3) is 10.9 Å². The number of fused-ring (bicyclic) bond motifs is 1. The molecule has 6 nitrogen and oxygen atoms in total. The fourth-order valence-corrected chi connectivity index (χ4v) is 2.29. The molecule has 130 valence electrons. The van der Waals surface area contributed by atoms with Crippen LogP contribution in [0.1, 0.15) is 24.2 Å². The van der Waals surface area contributed by atoms with Gasteiger partial charge in [-0.25, -0.2) is 9.97 Å². The van der Waals surface area contributed by atoms with Gasteiger partial charge in [0.1, 0.15) is 30.3 Å². The average molecular weight is 360 g/mol. The topological polar surface area (TPSA) is 73.3 Å². The molecule has 25 heavy (non-hydrogen) atoms. The maximum atomic E-state index is 10.7. The first-order chi connectivity index (χ1) is 12.2. The Bertz CT molecular complexity index is 854. The standard InChI is InChI=1S/C16H12ClN3O3.C2H6/c1-22-14-6-12-13(7-15(14)23-17)18-9-19-16(12)20-11-4-2-10(8-21)3-5-11;1-2/h2-9H,1H3,(H,18,19,20);1-2H3. The van der Waals surface area contributed by atoms with Crippen LogP contribution in [0.5, 0.6) is 11.5 Å². The van der Waals surface area contributed by atoms with Crippen LogP contribution in [-0.2, 0) is 0 Å². The molecule has 7 heteroatoms. The highest BCUT2D eigenvalue weighted by atomic mass is 35.5. The Morgan fingerprint density at radius 2 is 1.80 bits per heavy atom. The van der Waals surface area contributed by atoms with E-state index >= 15 is 0 Å². The van der Waals surface area contributed by atoms with Gasteiger partial charge in [-0.2, -0.15) is 0 Å². The zero-order chi connectivity index (χ0) is 18.2. The minimum atomic E-state index is 0.377. The van der Waals surface area contributed by atoms with Crippen LogP contribution in [0.3, 0.4) is 0 Å². The molecule has 0 bridgehead atoms. The number of nitrogens with zero attached hydrogens (tertiary/aromatic N) is 2. The van der Waals surface area contributed by atoms with Crippen molar-refractivity contribution in [3.8, 4) is 11.5 Å². The van der Waals surface area contributed by atoms with Gasteiger partial charge in [0.05, 0.1) is 12.6 Å². The van der Waals surface area contributed by atoms with E-state index in [4.69, 9.17) is 20.9 Å². The first-order valence-electron chi connectivity index (χ1n) is 7.68. The van der Waals surface area contributed by atoms with Gasteiger partial charge in [-0.1, -0.05) is 13.8 Å². The SMILES string of the molecule is CC.COc1cc2c(Nc3ccc(C=O)cc3)ncnc2cc1OCl. The molecule has 0 radical (unpaired) electrons. The number of halogens is 1. The van der Waals surface area contributed by atoms with E-state index in [0.717, 1.165) is 17.4 Å². The number of aromatic nitrogens is 2. The van der Waals surface area contributed by atoms with Crippen LogP contribution in [0.4, 0.5) is 11.5 Å². The van der Waals surface area contributed by atoms with Crippen molar-refractivity contribution in [3.05, 3.63) is 48.3 Å². The van der Waals surface area contributed by atoms with Gasteiger partial charge in [-0.3, -0.25) is 4.79 Å². The lowest BCUT2D eigenvalue weighted by atomic mass is 10.2. The lowest BCUT2D eigenvalue weighted by Crippen LogP contribution is -1.97. The van der Waals surface area contributed by atoms with Gasteiger partial charge in [-0.05, 0) is 30.3 Å². The molecule has 3 rings (SSSR count). The van der Waals surface area contributed by atoms with Crippen molar-refractivity contribution in [3.63, 3.8) is 0 Å². The van der Waals surface area contributed by atoms with Crippen LogP contribution in [0, 0.1) is 0 Å². The monoisotopic (exact) mass is 359 g/mol. The normalized spacial score (nSPS) is 9.76. The maximum Gasteiger partial charge on any atom is 0.190 e. The van der Waals surface area contributed by atoms with E-state index in [1.807, 2.05) is 13.8 Å². The summed E-state index contributed by atoms with van der Waals surface area (Å²) in [7, 11) is 1.52. The van der Waals surface area contributed by atoms with Crippen molar-refractivity contribution < 1.29 is 13.8 Å². The van der Waals surface area contributed by atoms with Crippen molar-refractivity contribution in [2.24, 2.45) is 0 Å². The molecule has 1 heterocycles. The van der Waals surface area contributed by atoms with Gasteiger partial charge in [0, 0.05) is 22.7 Å². The average Bonchev–Trinajstić information content (AvgIpc) is 2.69. The molecule has 0 aliphatic carbocycles. The molecule has 0 unspecified atom stereocenters. The van der Waals surface area contributed by atoms with Crippen LogP contribution < -0.4 is 14.3 Å². The minimum absolute atomic E-state index is 0.377. The number of aldehydes is 1. The number of carbonyl (C=O) groups is 1. The molecule has 0 saturated carbocycles. The number of ether oxygens (including phenoxy) is 1. The zero-order valence-electron chi connectivity index (χ0n) is 14.1. The van der Waals surface area contributed by atoms with E-state index < -0.39 is 0 Å². The second kappa shape index (κ2) is 8.84. The maximum absolute atomic E-state index is 10.7. The van der Waals surface area contributed by atoms with E-state index in [9.17, 15) is 4.79 Å². The van der Waals surface area contributed by atoms with Gasteiger partial charge in [0.2, 0.25) is 0 Å².